The van der Waals surface area contributed by atoms with E-state index in [9.17, 15) is 22.8 Å². The third-order valence-corrected chi connectivity index (χ3v) is 1.49. The maximum Gasteiger partial charge on any atom is 0.422 e. The zero-order chi connectivity index (χ0) is 13.6. The number of carbonyl (C=O) groups is 2. The quantitative estimate of drug-likeness (QED) is 0.425. The number of ether oxygens (including phenoxy) is 2. The van der Waals surface area contributed by atoms with E-state index < -0.39 is 30.3 Å². The zero-order valence-electron chi connectivity index (χ0n) is 9.10. The average molecular weight is 252 g/mol. The molecule has 0 aliphatic heterocycles. The van der Waals surface area contributed by atoms with Gasteiger partial charge in [0.15, 0.2) is 0 Å². The molecule has 0 saturated carbocycles. The van der Waals surface area contributed by atoms with Gasteiger partial charge < -0.3 is 9.47 Å². The number of hydrogen-bond acceptors (Lipinski definition) is 4. The van der Waals surface area contributed by atoms with Gasteiger partial charge in [0.25, 0.3) is 0 Å². The van der Waals surface area contributed by atoms with Crippen molar-refractivity contribution in [3.8, 4) is 0 Å². The Balaban J connectivity index is 3.92. The summed E-state index contributed by atoms with van der Waals surface area (Å²) in [6.45, 7) is 6.41. The van der Waals surface area contributed by atoms with Crippen LogP contribution in [0, 0.1) is 0 Å². The SMILES string of the molecule is C=C(C)C(=O)OCCOC(=O)C(=C)C(F)(F)F. The Morgan fingerprint density at radius 1 is 1.06 bits per heavy atom. The van der Waals surface area contributed by atoms with E-state index in [1.807, 2.05) is 0 Å². The molecule has 0 atom stereocenters. The molecule has 0 bridgehead atoms. The number of carbonyl (C=O) groups excluding carboxylic acids is 2. The molecule has 0 unspecified atom stereocenters. The van der Waals surface area contributed by atoms with Crippen molar-refractivity contribution in [3.05, 3.63) is 24.3 Å². The van der Waals surface area contributed by atoms with Crippen molar-refractivity contribution >= 4 is 11.9 Å². The molecule has 0 N–H and O–H groups in total. The molecule has 0 radical (unpaired) electrons. The molecule has 0 aliphatic carbocycles. The zero-order valence-corrected chi connectivity index (χ0v) is 9.10. The van der Waals surface area contributed by atoms with E-state index in [1.165, 1.54) is 6.92 Å². The first-order chi connectivity index (χ1) is 7.66. The Hall–Kier alpha value is -1.79. The summed E-state index contributed by atoms with van der Waals surface area (Å²) in [5.74, 6) is -2.31. The van der Waals surface area contributed by atoms with Crippen LogP contribution in [0.2, 0.25) is 0 Å². The van der Waals surface area contributed by atoms with Gasteiger partial charge in [0.2, 0.25) is 0 Å². The maximum atomic E-state index is 11.9. The number of rotatable bonds is 5. The molecule has 0 aromatic heterocycles. The average Bonchev–Trinajstić information content (AvgIpc) is 2.20. The van der Waals surface area contributed by atoms with E-state index in [-0.39, 0.29) is 12.2 Å². The van der Waals surface area contributed by atoms with Gasteiger partial charge in [-0.3, -0.25) is 0 Å². The third-order valence-electron chi connectivity index (χ3n) is 1.49. The normalized spacial score (nSPS) is 10.6. The molecule has 0 rings (SSSR count). The second kappa shape index (κ2) is 6.07. The summed E-state index contributed by atoms with van der Waals surface area (Å²) in [6.07, 6.45) is -4.83. The predicted molar refractivity (Wildman–Crippen MR) is 51.9 cm³/mol. The van der Waals surface area contributed by atoms with Gasteiger partial charge in [0, 0.05) is 5.57 Å². The van der Waals surface area contributed by atoms with Crippen LogP contribution in [-0.2, 0) is 19.1 Å². The lowest BCUT2D eigenvalue weighted by Crippen LogP contribution is -2.22. The molecule has 7 heteroatoms. The summed E-state index contributed by atoms with van der Waals surface area (Å²) >= 11 is 0. The summed E-state index contributed by atoms with van der Waals surface area (Å²) in [4.78, 5) is 21.6. The minimum absolute atomic E-state index is 0.135. The molecule has 0 spiro atoms. The highest BCUT2D eigenvalue weighted by Crippen LogP contribution is 2.24. The van der Waals surface area contributed by atoms with E-state index in [1.54, 1.807) is 0 Å². The van der Waals surface area contributed by atoms with E-state index in [0.29, 0.717) is 0 Å². The van der Waals surface area contributed by atoms with Crippen molar-refractivity contribution in [1.29, 1.82) is 0 Å². The minimum atomic E-state index is -4.83. The van der Waals surface area contributed by atoms with E-state index in [2.05, 4.69) is 22.6 Å². The lowest BCUT2D eigenvalue weighted by atomic mass is 10.3. The molecule has 4 nitrogen and oxygen atoms in total. The Kier molecular flexibility index (Phi) is 5.43. The summed E-state index contributed by atoms with van der Waals surface area (Å²) in [6, 6.07) is 0. The molecule has 0 heterocycles. The van der Waals surface area contributed by atoms with Crippen LogP contribution < -0.4 is 0 Å². The summed E-state index contributed by atoms with van der Waals surface area (Å²) < 4.78 is 44.5. The van der Waals surface area contributed by atoms with Gasteiger partial charge in [0.1, 0.15) is 18.8 Å². The number of hydrogen-bond donors (Lipinski definition) is 0. The van der Waals surface area contributed by atoms with Gasteiger partial charge in [0.05, 0.1) is 0 Å². The fourth-order valence-electron chi connectivity index (χ4n) is 0.595. The van der Waals surface area contributed by atoms with Crippen LogP contribution in [-0.4, -0.2) is 31.3 Å². The molecular formula is C10H11F3O4. The second-order valence-corrected chi connectivity index (χ2v) is 3.03. The van der Waals surface area contributed by atoms with Crippen molar-refractivity contribution in [1.82, 2.24) is 0 Å². The van der Waals surface area contributed by atoms with Gasteiger partial charge in [-0.25, -0.2) is 9.59 Å². The number of esters is 2. The van der Waals surface area contributed by atoms with Crippen LogP contribution in [0.25, 0.3) is 0 Å². The number of alkyl halides is 3. The highest BCUT2D eigenvalue weighted by Gasteiger charge is 2.37. The highest BCUT2D eigenvalue weighted by molar-refractivity contribution is 5.89. The minimum Gasteiger partial charge on any atom is -0.459 e. The standard InChI is InChI=1S/C10H11F3O4/c1-6(2)8(14)16-4-5-17-9(15)7(3)10(11,12)13/h1,3-5H2,2H3. The number of halogens is 3. The topological polar surface area (TPSA) is 52.6 Å². The Morgan fingerprint density at radius 3 is 1.82 bits per heavy atom. The van der Waals surface area contributed by atoms with E-state index in [4.69, 9.17) is 0 Å². The molecule has 96 valence electrons. The molecular weight excluding hydrogens is 241 g/mol. The maximum absolute atomic E-state index is 11.9. The molecule has 0 fully saturated rings. The van der Waals surface area contributed by atoms with Gasteiger partial charge in [-0.2, -0.15) is 13.2 Å². The monoisotopic (exact) mass is 252 g/mol. The van der Waals surface area contributed by atoms with Gasteiger partial charge in [-0.05, 0) is 6.92 Å². The Bertz CT molecular complexity index is 344. The molecule has 17 heavy (non-hydrogen) atoms. The summed E-state index contributed by atoms with van der Waals surface area (Å²) in [5.41, 5.74) is -1.47. The summed E-state index contributed by atoms with van der Waals surface area (Å²) in [5, 5.41) is 0. The molecule has 0 aliphatic rings. The Labute approximate surface area is 95.7 Å². The van der Waals surface area contributed by atoms with E-state index in [0.717, 1.165) is 0 Å². The lowest BCUT2D eigenvalue weighted by Gasteiger charge is -2.09. The van der Waals surface area contributed by atoms with Crippen molar-refractivity contribution in [2.45, 2.75) is 13.1 Å². The van der Waals surface area contributed by atoms with Crippen LogP contribution in [0.1, 0.15) is 6.92 Å². The van der Waals surface area contributed by atoms with Crippen molar-refractivity contribution in [2.75, 3.05) is 13.2 Å². The second-order valence-electron chi connectivity index (χ2n) is 3.03. The van der Waals surface area contributed by atoms with Gasteiger partial charge >= 0.3 is 18.1 Å². The predicted octanol–water partition coefficient (Wildman–Crippen LogP) is 1.77. The third kappa shape index (κ3) is 5.74. The lowest BCUT2D eigenvalue weighted by molar-refractivity contribution is -0.154. The Morgan fingerprint density at radius 2 is 1.47 bits per heavy atom. The van der Waals surface area contributed by atoms with Crippen LogP contribution >= 0.6 is 0 Å². The fourth-order valence-corrected chi connectivity index (χ4v) is 0.595. The van der Waals surface area contributed by atoms with Crippen LogP contribution in [0.5, 0.6) is 0 Å². The van der Waals surface area contributed by atoms with Crippen LogP contribution in [0.4, 0.5) is 13.2 Å². The van der Waals surface area contributed by atoms with Crippen LogP contribution in [0.15, 0.2) is 24.3 Å². The first-order valence-corrected chi connectivity index (χ1v) is 4.42. The van der Waals surface area contributed by atoms with E-state index >= 15 is 0 Å². The van der Waals surface area contributed by atoms with Crippen molar-refractivity contribution in [2.24, 2.45) is 0 Å². The molecule has 0 saturated heterocycles. The van der Waals surface area contributed by atoms with Crippen LogP contribution in [0.3, 0.4) is 0 Å². The molecule has 0 aromatic rings. The van der Waals surface area contributed by atoms with Gasteiger partial charge in [-0.15, -0.1) is 0 Å². The highest BCUT2D eigenvalue weighted by atomic mass is 19.4. The smallest absolute Gasteiger partial charge is 0.422 e. The first-order valence-electron chi connectivity index (χ1n) is 4.42. The summed E-state index contributed by atoms with van der Waals surface area (Å²) in [7, 11) is 0. The molecule has 0 amide bonds. The molecule has 0 aromatic carbocycles. The fraction of sp³-hybridized carbons (Fsp3) is 0.400. The van der Waals surface area contributed by atoms with Gasteiger partial charge in [-0.1, -0.05) is 13.2 Å². The first kappa shape index (κ1) is 15.2. The van der Waals surface area contributed by atoms with Crippen molar-refractivity contribution < 1.29 is 32.2 Å². The largest absolute Gasteiger partial charge is 0.459 e. The van der Waals surface area contributed by atoms with Crippen molar-refractivity contribution in [3.63, 3.8) is 0 Å².